The average Bonchev–Trinajstić information content (AvgIpc) is 3.15. The van der Waals surface area contributed by atoms with E-state index in [1.807, 2.05) is 6.07 Å². The summed E-state index contributed by atoms with van der Waals surface area (Å²) in [6.07, 6.45) is 2.52. The number of likely N-dealkylation sites (N-methyl/N-ethyl adjacent to an activating group) is 1. The zero-order chi connectivity index (χ0) is 18.6. The largest absolute Gasteiger partial charge is 0.467 e. The molecule has 0 unspecified atom stereocenters. The quantitative estimate of drug-likeness (QED) is 0.872. The summed E-state index contributed by atoms with van der Waals surface area (Å²) in [7, 11) is 2.12. The molecule has 1 saturated heterocycles. The van der Waals surface area contributed by atoms with Crippen molar-refractivity contribution in [1.82, 2.24) is 15.1 Å². The summed E-state index contributed by atoms with van der Waals surface area (Å²) in [5, 5.41) is 3.07. The lowest BCUT2D eigenvalue weighted by molar-refractivity contribution is 0.0313. The second-order valence-electron chi connectivity index (χ2n) is 7.44. The fourth-order valence-electron chi connectivity index (χ4n) is 3.82. The molecule has 2 aromatic rings. The van der Waals surface area contributed by atoms with E-state index in [0.717, 1.165) is 51.6 Å². The minimum absolute atomic E-state index is 0.0702. The molecular weight excluding hydrogens is 342 g/mol. The number of ether oxygens (including phenoxy) is 1. The maximum atomic E-state index is 12.5. The lowest BCUT2D eigenvalue weighted by Gasteiger charge is -2.34. The Hall–Kier alpha value is -2.15. The number of morpholine rings is 1. The molecule has 0 bridgehead atoms. The van der Waals surface area contributed by atoms with Crippen LogP contribution in [-0.2, 0) is 24.2 Å². The molecule has 3 heterocycles. The Kier molecular flexibility index (Phi) is 5.57. The van der Waals surface area contributed by atoms with Gasteiger partial charge in [0.1, 0.15) is 12.0 Å². The van der Waals surface area contributed by atoms with Gasteiger partial charge < -0.3 is 14.5 Å². The number of nitrogens with zero attached hydrogens (tertiary/aromatic N) is 2. The first-order chi connectivity index (χ1) is 13.2. The van der Waals surface area contributed by atoms with Crippen molar-refractivity contribution in [1.29, 1.82) is 0 Å². The molecule has 2 aliphatic rings. The minimum atomic E-state index is -0.0702. The molecule has 1 fully saturated rings. The van der Waals surface area contributed by atoms with Gasteiger partial charge in [-0.1, -0.05) is 24.3 Å². The molecule has 1 aromatic carbocycles. The molecule has 4 rings (SSSR count). The van der Waals surface area contributed by atoms with Gasteiger partial charge in [0.2, 0.25) is 0 Å². The van der Waals surface area contributed by atoms with Crippen LogP contribution in [0.1, 0.15) is 27.2 Å². The van der Waals surface area contributed by atoms with Gasteiger partial charge in [-0.25, -0.2) is 0 Å². The van der Waals surface area contributed by atoms with E-state index in [0.29, 0.717) is 18.2 Å². The normalized spacial score (nSPS) is 21.0. The summed E-state index contributed by atoms with van der Waals surface area (Å²) >= 11 is 0. The fourth-order valence-corrected chi connectivity index (χ4v) is 3.82. The van der Waals surface area contributed by atoms with E-state index in [-0.39, 0.29) is 5.91 Å². The number of carbonyl (C=O) groups excluding carboxylic acids is 1. The Morgan fingerprint density at radius 2 is 2.00 bits per heavy atom. The first kappa shape index (κ1) is 18.2. The van der Waals surface area contributed by atoms with E-state index in [4.69, 9.17) is 9.15 Å². The number of benzene rings is 1. The van der Waals surface area contributed by atoms with Crippen LogP contribution < -0.4 is 5.32 Å². The number of hydrogen-bond acceptors (Lipinski definition) is 5. The predicted octanol–water partition coefficient (Wildman–Crippen LogP) is 1.90. The Morgan fingerprint density at radius 1 is 1.22 bits per heavy atom. The van der Waals surface area contributed by atoms with Gasteiger partial charge >= 0.3 is 0 Å². The number of nitrogens with one attached hydrogen (secondary N) is 1. The number of amides is 1. The molecule has 0 saturated carbocycles. The zero-order valence-corrected chi connectivity index (χ0v) is 15.8. The second-order valence-corrected chi connectivity index (χ2v) is 7.44. The number of fused-ring (bicyclic) bond motifs is 1. The van der Waals surface area contributed by atoms with Crippen LogP contribution in [0.4, 0.5) is 0 Å². The number of carbonyl (C=O) groups is 1. The molecule has 1 N–H and O–H groups in total. The zero-order valence-electron chi connectivity index (χ0n) is 15.8. The lowest BCUT2D eigenvalue weighted by atomic mass is 9.94. The van der Waals surface area contributed by atoms with E-state index in [1.54, 1.807) is 6.26 Å². The molecule has 6 nitrogen and oxygen atoms in total. The van der Waals surface area contributed by atoms with Crippen LogP contribution in [0.3, 0.4) is 0 Å². The standard InChI is InChI=1S/C21H27N3O3/c1-23-13-17-5-3-2-4-16(17)10-19(23)12-22-21(25)18-11-20(27-15-18)14-24-6-8-26-9-7-24/h2-5,11,15,19H,6-10,12-14H2,1H3,(H,22,25)/t19-/m1/s1. The van der Waals surface area contributed by atoms with Gasteiger partial charge in [-0.3, -0.25) is 14.6 Å². The molecular formula is C21H27N3O3. The van der Waals surface area contributed by atoms with Crippen molar-refractivity contribution in [2.45, 2.75) is 25.6 Å². The summed E-state index contributed by atoms with van der Waals surface area (Å²) in [6.45, 7) is 5.59. The average molecular weight is 369 g/mol. The van der Waals surface area contributed by atoms with Crippen molar-refractivity contribution in [3.63, 3.8) is 0 Å². The first-order valence-electron chi connectivity index (χ1n) is 9.62. The minimum Gasteiger partial charge on any atom is -0.467 e. The highest BCUT2D eigenvalue weighted by atomic mass is 16.5. The Bertz CT molecular complexity index is 782. The van der Waals surface area contributed by atoms with Gasteiger partial charge in [-0.05, 0) is 30.7 Å². The molecule has 0 aliphatic carbocycles. The molecule has 1 aromatic heterocycles. The van der Waals surface area contributed by atoms with Gasteiger partial charge in [0.25, 0.3) is 5.91 Å². The molecule has 1 amide bonds. The highest BCUT2D eigenvalue weighted by Crippen LogP contribution is 2.21. The first-order valence-corrected chi connectivity index (χ1v) is 9.62. The predicted molar refractivity (Wildman–Crippen MR) is 103 cm³/mol. The van der Waals surface area contributed by atoms with Crippen LogP contribution >= 0.6 is 0 Å². The smallest absolute Gasteiger partial charge is 0.254 e. The highest BCUT2D eigenvalue weighted by Gasteiger charge is 2.24. The SMILES string of the molecule is CN1Cc2ccccc2C[C@@H]1CNC(=O)c1coc(CN2CCOCC2)c1. The third kappa shape index (κ3) is 4.40. The highest BCUT2D eigenvalue weighted by molar-refractivity contribution is 5.94. The molecule has 0 spiro atoms. The van der Waals surface area contributed by atoms with E-state index < -0.39 is 0 Å². The second kappa shape index (κ2) is 8.25. The van der Waals surface area contributed by atoms with E-state index >= 15 is 0 Å². The Morgan fingerprint density at radius 3 is 2.81 bits per heavy atom. The van der Waals surface area contributed by atoms with Crippen LogP contribution in [0.15, 0.2) is 41.0 Å². The van der Waals surface area contributed by atoms with Crippen LogP contribution in [0, 0.1) is 0 Å². The molecule has 144 valence electrons. The van der Waals surface area contributed by atoms with Gasteiger partial charge in [-0.15, -0.1) is 0 Å². The van der Waals surface area contributed by atoms with Gasteiger partial charge in [-0.2, -0.15) is 0 Å². The van der Waals surface area contributed by atoms with Crippen molar-refractivity contribution in [2.75, 3.05) is 39.9 Å². The summed E-state index contributed by atoms with van der Waals surface area (Å²) in [5.41, 5.74) is 3.35. The van der Waals surface area contributed by atoms with E-state index in [1.165, 1.54) is 11.1 Å². The summed E-state index contributed by atoms with van der Waals surface area (Å²) in [5.74, 6) is 0.755. The maximum absolute atomic E-state index is 12.5. The van der Waals surface area contributed by atoms with Crippen LogP contribution in [0.2, 0.25) is 0 Å². The number of rotatable bonds is 5. The van der Waals surface area contributed by atoms with Crippen molar-refractivity contribution >= 4 is 5.91 Å². The van der Waals surface area contributed by atoms with Crippen molar-refractivity contribution in [3.05, 3.63) is 59.0 Å². The van der Waals surface area contributed by atoms with Crippen molar-refractivity contribution < 1.29 is 13.9 Å². The van der Waals surface area contributed by atoms with Crippen molar-refractivity contribution in [2.24, 2.45) is 0 Å². The number of hydrogen-bond donors (Lipinski definition) is 1. The van der Waals surface area contributed by atoms with Gasteiger partial charge in [0, 0.05) is 32.2 Å². The Labute approximate surface area is 160 Å². The molecule has 2 aliphatic heterocycles. The lowest BCUT2D eigenvalue weighted by Crippen LogP contribution is -2.45. The summed E-state index contributed by atoms with van der Waals surface area (Å²) < 4.78 is 11.0. The van der Waals surface area contributed by atoms with Crippen molar-refractivity contribution in [3.8, 4) is 0 Å². The maximum Gasteiger partial charge on any atom is 0.254 e. The van der Waals surface area contributed by atoms with Gasteiger partial charge in [0.15, 0.2) is 0 Å². The number of furan rings is 1. The van der Waals surface area contributed by atoms with Crippen LogP contribution in [0.5, 0.6) is 0 Å². The van der Waals surface area contributed by atoms with Crippen LogP contribution in [-0.4, -0.2) is 61.6 Å². The monoisotopic (exact) mass is 369 g/mol. The topological polar surface area (TPSA) is 58.0 Å². The van der Waals surface area contributed by atoms with Gasteiger partial charge in [0.05, 0.1) is 25.3 Å². The van der Waals surface area contributed by atoms with E-state index in [9.17, 15) is 4.79 Å². The molecule has 1 atom stereocenters. The van der Waals surface area contributed by atoms with Crippen LogP contribution in [0.25, 0.3) is 0 Å². The molecule has 27 heavy (non-hydrogen) atoms. The Balaban J connectivity index is 1.30. The fraction of sp³-hybridized carbons (Fsp3) is 0.476. The van der Waals surface area contributed by atoms with E-state index in [2.05, 4.69) is 46.4 Å². The summed E-state index contributed by atoms with van der Waals surface area (Å²) in [4.78, 5) is 17.1. The molecule has 0 radical (unpaired) electrons. The third-order valence-corrected chi connectivity index (χ3v) is 5.51. The molecule has 6 heteroatoms. The summed E-state index contributed by atoms with van der Waals surface area (Å²) in [6, 6.07) is 10.7. The third-order valence-electron chi connectivity index (χ3n) is 5.51.